The lowest BCUT2D eigenvalue weighted by Gasteiger charge is -2.12. The molecule has 2 aromatic carbocycles. The molecule has 0 fully saturated rings. The van der Waals surface area contributed by atoms with Crippen LogP contribution in [-0.2, 0) is 4.79 Å². The van der Waals surface area contributed by atoms with E-state index in [9.17, 15) is 9.59 Å². The molecule has 9 nitrogen and oxygen atoms in total. The van der Waals surface area contributed by atoms with E-state index >= 15 is 0 Å². The number of hydrogen-bond donors (Lipinski definition) is 4. The highest BCUT2D eigenvalue weighted by Gasteiger charge is 2.09. The van der Waals surface area contributed by atoms with Gasteiger partial charge in [-0.3, -0.25) is 14.6 Å². The molecule has 4 N–H and O–H groups in total. The molecule has 0 aliphatic rings. The third kappa shape index (κ3) is 6.73. The number of benzene rings is 2. The molecule has 2 amide bonds. The van der Waals surface area contributed by atoms with E-state index in [4.69, 9.17) is 0 Å². The fraction of sp³-hybridized carbons (Fsp3) is 0.192. The van der Waals surface area contributed by atoms with E-state index in [1.807, 2.05) is 54.6 Å². The van der Waals surface area contributed by atoms with Crippen molar-refractivity contribution in [2.24, 2.45) is 0 Å². The van der Waals surface area contributed by atoms with Gasteiger partial charge in [0, 0.05) is 56.3 Å². The summed E-state index contributed by atoms with van der Waals surface area (Å²) >= 11 is 0. The number of pyridine rings is 1. The van der Waals surface area contributed by atoms with Crippen LogP contribution in [0.4, 0.5) is 11.6 Å². The van der Waals surface area contributed by atoms with Crippen molar-refractivity contribution in [3.8, 4) is 11.4 Å². The van der Waals surface area contributed by atoms with Crippen LogP contribution in [0.5, 0.6) is 0 Å². The van der Waals surface area contributed by atoms with Gasteiger partial charge in [-0.25, -0.2) is 9.97 Å². The van der Waals surface area contributed by atoms with E-state index in [1.165, 1.54) is 6.92 Å². The van der Waals surface area contributed by atoms with Gasteiger partial charge in [-0.05, 0) is 11.5 Å². The lowest BCUT2D eigenvalue weighted by molar-refractivity contribution is -0.118. The Bertz CT molecular complexity index is 1310. The van der Waals surface area contributed by atoms with Crippen LogP contribution in [-0.4, -0.2) is 52.9 Å². The third-order valence-corrected chi connectivity index (χ3v) is 5.14. The number of rotatable bonds is 10. The summed E-state index contributed by atoms with van der Waals surface area (Å²) in [4.78, 5) is 37.1. The van der Waals surface area contributed by atoms with Crippen molar-refractivity contribution in [1.82, 2.24) is 25.6 Å². The summed E-state index contributed by atoms with van der Waals surface area (Å²) in [5.41, 5.74) is 1.26. The normalized spacial score (nSPS) is 10.5. The number of nitrogens with one attached hydrogen (secondary N) is 4. The van der Waals surface area contributed by atoms with Crippen LogP contribution >= 0.6 is 0 Å². The number of carbonyl (C=O) groups is 2. The number of fused-ring (bicyclic) bond motifs is 1. The molecule has 2 aromatic heterocycles. The summed E-state index contributed by atoms with van der Waals surface area (Å²) < 4.78 is 0. The van der Waals surface area contributed by atoms with Gasteiger partial charge in [0.05, 0.1) is 0 Å². The van der Waals surface area contributed by atoms with Gasteiger partial charge in [-0.1, -0.05) is 54.6 Å². The Kier molecular flexibility index (Phi) is 7.80. The predicted octanol–water partition coefficient (Wildman–Crippen LogP) is 3.08. The zero-order chi connectivity index (χ0) is 24.5. The Labute approximate surface area is 203 Å². The van der Waals surface area contributed by atoms with Gasteiger partial charge in [-0.15, -0.1) is 0 Å². The maximum Gasteiger partial charge on any atom is 0.269 e. The first kappa shape index (κ1) is 23.6. The summed E-state index contributed by atoms with van der Waals surface area (Å²) in [5, 5.41) is 14.0. The second-order valence-electron chi connectivity index (χ2n) is 7.84. The van der Waals surface area contributed by atoms with Crippen LogP contribution in [0.25, 0.3) is 22.2 Å². The summed E-state index contributed by atoms with van der Waals surface area (Å²) in [6.07, 6.45) is 1.70. The molecule has 0 saturated heterocycles. The molecule has 0 radical (unpaired) electrons. The Morgan fingerprint density at radius 1 is 0.743 bits per heavy atom. The number of amides is 2. The van der Waals surface area contributed by atoms with Crippen molar-refractivity contribution in [1.29, 1.82) is 0 Å². The molecule has 178 valence electrons. The SMILES string of the molecule is CC(=O)NCCNc1cc(NCCNC(=O)c2cc3ccccc3cn2)nc(-c2ccccc2)n1. The maximum atomic E-state index is 12.5. The van der Waals surface area contributed by atoms with Crippen molar-refractivity contribution in [3.05, 3.63) is 78.6 Å². The molecular weight excluding hydrogens is 442 g/mol. The fourth-order valence-corrected chi connectivity index (χ4v) is 3.44. The molecule has 2 heterocycles. The minimum absolute atomic E-state index is 0.0808. The van der Waals surface area contributed by atoms with E-state index in [0.717, 1.165) is 16.3 Å². The Hall–Kier alpha value is -4.53. The van der Waals surface area contributed by atoms with Crippen LogP contribution in [0.1, 0.15) is 17.4 Å². The molecular formula is C26H27N7O2. The Morgan fingerprint density at radius 3 is 2.06 bits per heavy atom. The van der Waals surface area contributed by atoms with Crippen LogP contribution in [0.15, 0.2) is 72.9 Å². The molecule has 0 spiro atoms. The minimum Gasteiger partial charge on any atom is -0.368 e. The van der Waals surface area contributed by atoms with Gasteiger partial charge in [0.2, 0.25) is 5.91 Å². The van der Waals surface area contributed by atoms with E-state index in [2.05, 4.69) is 36.2 Å². The highest BCUT2D eigenvalue weighted by atomic mass is 16.2. The van der Waals surface area contributed by atoms with Gasteiger partial charge in [0.15, 0.2) is 5.82 Å². The van der Waals surface area contributed by atoms with Gasteiger partial charge >= 0.3 is 0 Å². The van der Waals surface area contributed by atoms with Crippen molar-refractivity contribution < 1.29 is 9.59 Å². The molecule has 4 aromatic rings. The highest BCUT2D eigenvalue weighted by molar-refractivity contribution is 5.96. The topological polar surface area (TPSA) is 121 Å². The van der Waals surface area contributed by atoms with E-state index in [1.54, 1.807) is 18.3 Å². The van der Waals surface area contributed by atoms with Crippen LogP contribution in [0.3, 0.4) is 0 Å². The number of aromatic nitrogens is 3. The van der Waals surface area contributed by atoms with Crippen molar-refractivity contribution >= 4 is 34.2 Å². The third-order valence-electron chi connectivity index (χ3n) is 5.14. The monoisotopic (exact) mass is 469 g/mol. The van der Waals surface area contributed by atoms with E-state index in [0.29, 0.717) is 49.3 Å². The summed E-state index contributed by atoms with van der Waals surface area (Å²) in [5.74, 6) is 1.52. The van der Waals surface area contributed by atoms with Crippen molar-refractivity contribution in [3.63, 3.8) is 0 Å². The van der Waals surface area contributed by atoms with Crippen LogP contribution in [0.2, 0.25) is 0 Å². The standard InChI is InChI=1S/C26H27N7O2/c1-18(34)27-11-12-28-23-16-24(33-25(32-23)19-7-3-2-4-8-19)29-13-14-30-26(35)22-15-20-9-5-6-10-21(20)17-31-22/h2-10,15-17H,11-14H2,1H3,(H,27,34)(H,30,35)(H2,28,29,32,33). The Balaban J connectivity index is 1.37. The molecule has 9 heteroatoms. The highest BCUT2D eigenvalue weighted by Crippen LogP contribution is 2.20. The van der Waals surface area contributed by atoms with E-state index < -0.39 is 0 Å². The molecule has 0 aliphatic heterocycles. The van der Waals surface area contributed by atoms with Gasteiger partial charge in [0.25, 0.3) is 5.91 Å². The Morgan fingerprint density at radius 2 is 1.37 bits per heavy atom. The first-order chi connectivity index (χ1) is 17.1. The fourth-order valence-electron chi connectivity index (χ4n) is 3.44. The van der Waals surface area contributed by atoms with Crippen molar-refractivity contribution in [2.45, 2.75) is 6.92 Å². The predicted molar refractivity (Wildman–Crippen MR) is 137 cm³/mol. The van der Waals surface area contributed by atoms with Crippen LogP contribution < -0.4 is 21.3 Å². The quantitative estimate of drug-likeness (QED) is 0.263. The number of anilines is 2. The summed E-state index contributed by atoms with van der Waals surface area (Å²) in [7, 11) is 0. The smallest absolute Gasteiger partial charge is 0.269 e. The van der Waals surface area contributed by atoms with Gasteiger partial charge in [-0.2, -0.15) is 0 Å². The lowest BCUT2D eigenvalue weighted by atomic mass is 10.1. The minimum atomic E-state index is -0.231. The van der Waals surface area contributed by atoms with Crippen molar-refractivity contribution in [2.75, 3.05) is 36.8 Å². The number of hydrogen-bond acceptors (Lipinski definition) is 7. The first-order valence-corrected chi connectivity index (χ1v) is 11.4. The second-order valence-corrected chi connectivity index (χ2v) is 7.84. The average Bonchev–Trinajstić information content (AvgIpc) is 2.89. The zero-order valence-corrected chi connectivity index (χ0v) is 19.4. The number of nitrogens with zero attached hydrogens (tertiary/aromatic N) is 3. The van der Waals surface area contributed by atoms with Gasteiger partial charge in [0.1, 0.15) is 17.3 Å². The molecule has 4 rings (SSSR count). The molecule has 0 atom stereocenters. The van der Waals surface area contributed by atoms with Crippen LogP contribution in [0, 0.1) is 0 Å². The zero-order valence-electron chi connectivity index (χ0n) is 19.4. The molecule has 0 aliphatic carbocycles. The lowest BCUT2D eigenvalue weighted by Crippen LogP contribution is -2.29. The summed E-state index contributed by atoms with van der Waals surface area (Å²) in [6, 6.07) is 21.1. The maximum absolute atomic E-state index is 12.5. The summed E-state index contributed by atoms with van der Waals surface area (Å²) in [6.45, 7) is 3.35. The molecule has 0 unspecified atom stereocenters. The first-order valence-electron chi connectivity index (χ1n) is 11.4. The van der Waals surface area contributed by atoms with Gasteiger partial charge < -0.3 is 21.3 Å². The van der Waals surface area contributed by atoms with E-state index in [-0.39, 0.29) is 11.8 Å². The number of carbonyl (C=O) groups excluding carboxylic acids is 2. The average molecular weight is 470 g/mol. The molecule has 0 saturated carbocycles. The second kappa shape index (κ2) is 11.6. The molecule has 0 bridgehead atoms. The molecule has 35 heavy (non-hydrogen) atoms. The largest absolute Gasteiger partial charge is 0.368 e.